The van der Waals surface area contributed by atoms with E-state index < -0.39 is 5.60 Å². The minimum Gasteiger partial charge on any atom is -0.444 e. The van der Waals surface area contributed by atoms with E-state index >= 15 is 0 Å². The molecule has 1 amide bonds. The van der Waals surface area contributed by atoms with Crippen molar-refractivity contribution in [2.75, 3.05) is 13.1 Å². The fourth-order valence-corrected chi connectivity index (χ4v) is 2.41. The van der Waals surface area contributed by atoms with Crippen LogP contribution in [0.5, 0.6) is 0 Å². The summed E-state index contributed by atoms with van der Waals surface area (Å²) in [5.41, 5.74) is -0.452. The fourth-order valence-electron chi connectivity index (χ4n) is 2.41. The topological polar surface area (TPSA) is 70.6 Å². The largest absolute Gasteiger partial charge is 0.444 e. The van der Waals surface area contributed by atoms with Crippen LogP contribution in [0.4, 0.5) is 4.79 Å². The molecule has 1 rings (SSSR count). The van der Waals surface area contributed by atoms with E-state index in [1.54, 1.807) is 0 Å². The number of rotatable bonds is 5. The van der Waals surface area contributed by atoms with Gasteiger partial charge in [-0.1, -0.05) is 19.3 Å². The van der Waals surface area contributed by atoms with Gasteiger partial charge in [0.2, 0.25) is 0 Å². The van der Waals surface area contributed by atoms with Crippen LogP contribution >= 0.6 is 0 Å². The Morgan fingerprint density at radius 3 is 2.60 bits per heavy atom. The van der Waals surface area contributed by atoms with E-state index in [4.69, 9.17) is 4.74 Å². The van der Waals surface area contributed by atoms with Crippen LogP contribution in [0.2, 0.25) is 0 Å². The molecule has 0 bridgehead atoms. The molecule has 0 aromatic carbocycles. The third kappa shape index (κ3) is 7.70. The van der Waals surface area contributed by atoms with Gasteiger partial charge in [0.25, 0.3) is 0 Å². The first kappa shape index (κ1) is 17.2. The summed E-state index contributed by atoms with van der Waals surface area (Å²) < 4.78 is 5.16. The van der Waals surface area contributed by atoms with Gasteiger partial charge in [0, 0.05) is 12.6 Å². The first-order valence-corrected chi connectivity index (χ1v) is 7.77. The van der Waals surface area contributed by atoms with Crippen molar-refractivity contribution in [3.63, 3.8) is 0 Å². The lowest BCUT2D eigenvalue weighted by Gasteiger charge is -2.22. The van der Waals surface area contributed by atoms with Gasteiger partial charge in [0.15, 0.2) is 0 Å². The number of amides is 1. The second-order valence-corrected chi connectivity index (χ2v) is 6.55. The van der Waals surface area contributed by atoms with Crippen LogP contribution < -0.4 is 10.6 Å². The van der Waals surface area contributed by atoms with Gasteiger partial charge in [-0.15, -0.1) is 0 Å². The lowest BCUT2D eigenvalue weighted by molar-refractivity contribution is 0.0526. The third-order valence-corrected chi connectivity index (χ3v) is 3.41. The zero-order valence-corrected chi connectivity index (χ0v) is 13.1. The number of hydrogen-bond acceptors (Lipinski definition) is 4. The van der Waals surface area contributed by atoms with Crippen LogP contribution in [-0.4, -0.2) is 42.0 Å². The van der Waals surface area contributed by atoms with Crippen LogP contribution in [0, 0.1) is 0 Å². The molecule has 2 atom stereocenters. The molecule has 0 saturated heterocycles. The number of carbonyl (C=O) groups is 1. The molecule has 0 heterocycles. The monoisotopic (exact) mass is 286 g/mol. The Kier molecular flexibility index (Phi) is 7.30. The molecule has 1 aliphatic rings. The lowest BCUT2D eigenvalue weighted by Crippen LogP contribution is -2.40. The molecule has 1 saturated carbocycles. The summed E-state index contributed by atoms with van der Waals surface area (Å²) in [6, 6.07) is 0.207. The molecule has 20 heavy (non-hydrogen) atoms. The summed E-state index contributed by atoms with van der Waals surface area (Å²) in [6.45, 7) is 6.94. The Bertz CT molecular complexity index is 289. The Balaban J connectivity index is 2.08. The van der Waals surface area contributed by atoms with Crippen LogP contribution in [0.25, 0.3) is 0 Å². The van der Waals surface area contributed by atoms with E-state index in [-0.39, 0.29) is 18.2 Å². The quantitative estimate of drug-likeness (QED) is 0.535. The highest BCUT2D eigenvalue weighted by Gasteiger charge is 2.20. The Morgan fingerprint density at radius 2 is 1.90 bits per heavy atom. The molecule has 0 aromatic rings. The van der Waals surface area contributed by atoms with Gasteiger partial charge in [-0.25, -0.2) is 4.79 Å². The van der Waals surface area contributed by atoms with Gasteiger partial charge in [-0.05, 0) is 46.6 Å². The van der Waals surface area contributed by atoms with Crippen LogP contribution in [0.15, 0.2) is 0 Å². The molecule has 118 valence electrons. The molecule has 0 aliphatic heterocycles. The van der Waals surface area contributed by atoms with Crippen molar-refractivity contribution in [3.05, 3.63) is 0 Å². The normalized spacial score (nSPS) is 24.0. The highest BCUT2D eigenvalue weighted by atomic mass is 16.6. The SMILES string of the molecule is CC(C)(C)OC(=O)NCCCNC1CCCCCC1O. The Morgan fingerprint density at radius 1 is 1.20 bits per heavy atom. The summed E-state index contributed by atoms with van der Waals surface area (Å²) in [6.07, 6.45) is 5.71. The lowest BCUT2D eigenvalue weighted by atomic mass is 10.1. The zero-order chi connectivity index (χ0) is 15.0. The van der Waals surface area contributed by atoms with Crippen molar-refractivity contribution < 1.29 is 14.6 Å². The van der Waals surface area contributed by atoms with Gasteiger partial charge in [-0.3, -0.25) is 0 Å². The molecule has 5 heteroatoms. The number of aliphatic hydroxyl groups excluding tert-OH is 1. The van der Waals surface area contributed by atoms with E-state index in [0.29, 0.717) is 6.54 Å². The maximum Gasteiger partial charge on any atom is 0.407 e. The van der Waals surface area contributed by atoms with Gasteiger partial charge >= 0.3 is 6.09 Å². The predicted molar refractivity (Wildman–Crippen MR) is 79.7 cm³/mol. The van der Waals surface area contributed by atoms with Crippen LogP contribution in [0.1, 0.15) is 59.3 Å². The summed E-state index contributed by atoms with van der Waals surface area (Å²) in [5, 5.41) is 16.1. The molecular weight excluding hydrogens is 256 g/mol. The highest BCUT2D eigenvalue weighted by Crippen LogP contribution is 2.17. The summed E-state index contributed by atoms with van der Waals surface area (Å²) in [7, 11) is 0. The van der Waals surface area contributed by atoms with Crippen LogP contribution in [-0.2, 0) is 4.74 Å². The van der Waals surface area contributed by atoms with E-state index in [2.05, 4.69) is 10.6 Å². The molecule has 0 spiro atoms. The highest BCUT2D eigenvalue weighted by molar-refractivity contribution is 5.67. The number of alkyl carbamates (subject to hydrolysis) is 1. The number of nitrogens with one attached hydrogen (secondary N) is 2. The summed E-state index contributed by atoms with van der Waals surface area (Å²) in [5.74, 6) is 0. The average Bonchev–Trinajstić information content (AvgIpc) is 2.52. The van der Waals surface area contributed by atoms with Crippen molar-refractivity contribution >= 4 is 6.09 Å². The molecule has 0 aromatic heterocycles. The van der Waals surface area contributed by atoms with Crippen LogP contribution in [0.3, 0.4) is 0 Å². The van der Waals surface area contributed by atoms with E-state index in [1.807, 2.05) is 20.8 Å². The summed E-state index contributed by atoms with van der Waals surface area (Å²) in [4.78, 5) is 11.4. The number of hydrogen-bond donors (Lipinski definition) is 3. The minimum atomic E-state index is -0.452. The number of ether oxygens (including phenoxy) is 1. The third-order valence-electron chi connectivity index (χ3n) is 3.41. The first-order valence-electron chi connectivity index (χ1n) is 7.77. The molecule has 2 unspecified atom stereocenters. The smallest absolute Gasteiger partial charge is 0.407 e. The molecule has 1 fully saturated rings. The van der Waals surface area contributed by atoms with Crippen molar-refractivity contribution in [3.8, 4) is 0 Å². The predicted octanol–water partition coefficient (Wildman–Crippen LogP) is 2.18. The van der Waals surface area contributed by atoms with Gasteiger partial charge in [-0.2, -0.15) is 0 Å². The van der Waals surface area contributed by atoms with Crippen molar-refractivity contribution in [2.24, 2.45) is 0 Å². The molecule has 5 nitrogen and oxygen atoms in total. The second kappa shape index (κ2) is 8.47. The van der Waals surface area contributed by atoms with Crippen molar-refractivity contribution in [1.29, 1.82) is 0 Å². The van der Waals surface area contributed by atoms with Crippen molar-refractivity contribution in [2.45, 2.75) is 77.0 Å². The van der Waals surface area contributed by atoms with Gasteiger partial charge in [0.05, 0.1) is 6.10 Å². The zero-order valence-electron chi connectivity index (χ0n) is 13.1. The number of aliphatic hydroxyl groups is 1. The first-order chi connectivity index (χ1) is 9.38. The standard InChI is InChI=1S/C15H30N2O3/c1-15(2,3)20-14(19)17-11-7-10-16-12-8-5-4-6-9-13(12)18/h12-13,16,18H,4-11H2,1-3H3,(H,17,19). The van der Waals surface area contributed by atoms with E-state index in [1.165, 1.54) is 12.8 Å². The second-order valence-electron chi connectivity index (χ2n) is 6.55. The maximum atomic E-state index is 11.4. The average molecular weight is 286 g/mol. The molecular formula is C15H30N2O3. The fraction of sp³-hybridized carbons (Fsp3) is 0.933. The van der Waals surface area contributed by atoms with E-state index in [0.717, 1.165) is 32.2 Å². The molecule has 1 aliphatic carbocycles. The summed E-state index contributed by atoms with van der Waals surface area (Å²) >= 11 is 0. The molecule has 0 radical (unpaired) electrons. The minimum absolute atomic E-state index is 0.207. The van der Waals surface area contributed by atoms with Crippen molar-refractivity contribution in [1.82, 2.24) is 10.6 Å². The maximum absolute atomic E-state index is 11.4. The van der Waals surface area contributed by atoms with Gasteiger partial charge < -0.3 is 20.5 Å². The number of carbonyl (C=O) groups excluding carboxylic acids is 1. The van der Waals surface area contributed by atoms with E-state index in [9.17, 15) is 9.90 Å². The van der Waals surface area contributed by atoms with Gasteiger partial charge in [0.1, 0.15) is 5.60 Å². The Hall–Kier alpha value is -0.810. The molecule has 3 N–H and O–H groups in total. The Labute approximate surface area is 122 Å².